The Kier molecular flexibility index (Phi) is 7.19. The van der Waals surface area contributed by atoms with Gasteiger partial charge in [0.15, 0.2) is 11.5 Å². The summed E-state index contributed by atoms with van der Waals surface area (Å²) in [5.74, 6) is -0.522. The maximum Gasteiger partial charge on any atom is 0.248 e. The molecule has 0 unspecified atom stereocenters. The zero-order chi connectivity index (χ0) is 21.5. The van der Waals surface area contributed by atoms with Crippen LogP contribution in [0.25, 0.3) is 6.08 Å². The van der Waals surface area contributed by atoms with Crippen molar-refractivity contribution in [2.75, 3.05) is 12.4 Å². The molecule has 1 amide bonds. The van der Waals surface area contributed by atoms with Crippen LogP contribution in [0.2, 0.25) is 0 Å². The highest BCUT2D eigenvalue weighted by Crippen LogP contribution is 2.37. The maximum atomic E-state index is 13.8. The molecule has 0 aliphatic heterocycles. The van der Waals surface area contributed by atoms with E-state index in [1.54, 1.807) is 48.5 Å². The molecule has 4 nitrogen and oxygen atoms in total. The highest BCUT2D eigenvalue weighted by atomic mass is 79.9. The molecule has 0 bridgehead atoms. The smallest absolute Gasteiger partial charge is 0.248 e. The molecule has 0 spiro atoms. The fourth-order valence-corrected chi connectivity index (χ4v) is 3.22. The number of hydrogen-bond acceptors (Lipinski definition) is 3. The lowest BCUT2D eigenvalue weighted by molar-refractivity contribution is -0.111. The zero-order valence-electron chi connectivity index (χ0n) is 16.0. The summed E-state index contributed by atoms with van der Waals surface area (Å²) in [5, 5.41) is 2.47. The van der Waals surface area contributed by atoms with Gasteiger partial charge in [0, 0.05) is 11.6 Å². The van der Waals surface area contributed by atoms with Crippen molar-refractivity contribution in [2.24, 2.45) is 0 Å². The first-order valence-corrected chi connectivity index (χ1v) is 9.74. The van der Waals surface area contributed by atoms with Crippen molar-refractivity contribution < 1.29 is 23.0 Å². The molecule has 0 aromatic heterocycles. The van der Waals surface area contributed by atoms with Crippen LogP contribution in [-0.4, -0.2) is 13.0 Å². The minimum atomic E-state index is -0.514. The van der Waals surface area contributed by atoms with Crippen molar-refractivity contribution in [3.05, 3.63) is 94.0 Å². The standard InChI is InChI=1S/C23H18BrF2NO3/c1-29-21-13-15(10-11-22(28)27-20-9-5-4-8-19(20)26)12-17(24)23(21)30-14-16-6-2-3-7-18(16)25/h2-13H,14H2,1H3,(H,27,28)/b11-10+. The first kappa shape index (κ1) is 21.5. The molecule has 1 N–H and O–H groups in total. The number of nitrogens with one attached hydrogen (secondary N) is 1. The van der Waals surface area contributed by atoms with Crippen LogP contribution in [-0.2, 0) is 11.4 Å². The van der Waals surface area contributed by atoms with Gasteiger partial charge in [-0.25, -0.2) is 8.78 Å². The van der Waals surface area contributed by atoms with Gasteiger partial charge in [0.25, 0.3) is 0 Å². The number of ether oxygens (including phenoxy) is 2. The van der Waals surface area contributed by atoms with Gasteiger partial charge < -0.3 is 14.8 Å². The molecule has 3 rings (SSSR count). The number of rotatable bonds is 7. The predicted molar refractivity (Wildman–Crippen MR) is 115 cm³/mol. The summed E-state index contributed by atoms with van der Waals surface area (Å²) >= 11 is 3.42. The third-order valence-electron chi connectivity index (χ3n) is 4.14. The summed E-state index contributed by atoms with van der Waals surface area (Å²) in [4.78, 5) is 12.1. The summed E-state index contributed by atoms with van der Waals surface area (Å²) < 4.78 is 39.1. The second kappa shape index (κ2) is 10.0. The van der Waals surface area contributed by atoms with E-state index in [1.807, 2.05) is 0 Å². The van der Waals surface area contributed by atoms with E-state index in [0.717, 1.165) is 0 Å². The van der Waals surface area contributed by atoms with Crippen LogP contribution in [0.1, 0.15) is 11.1 Å². The predicted octanol–water partition coefficient (Wildman–Crippen LogP) is 5.97. The Morgan fingerprint density at radius 1 is 1.07 bits per heavy atom. The molecule has 0 radical (unpaired) electrons. The quantitative estimate of drug-likeness (QED) is 0.430. The second-order valence-electron chi connectivity index (χ2n) is 6.22. The van der Waals surface area contributed by atoms with Gasteiger partial charge in [-0.3, -0.25) is 4.79 Å². The van der Waals surface area contributed by atoms with Crippen LogP contribution in [0, 0.1) is 11.6 Å². The average Bonchev–Trinajstić information content (AvgIpc) is 2.74. The lowest BCUT2D eigenvalue weighted by atomic mass is 10.1. The van der Waals surface area contributed by atoms with E-state index in [1.165, 1.54) is 31.4 Å². The summed E-state index contributed by atoms with van der Waals surface area (Å²) in [6, 6.07) is 15.7. The number of anilines is 1. The molecule has 3 aromatic carbocycles. The van der Waals surface area contributed by atoms with E-state index in [9.17, 15) is 13.6 Å². The lowest BCUT2D eigenvalue weighted by Crippen LogP contribution is -2.09. The molecule has 0 fully saturated rings. The van der Waals surface area contributed by atoms with Gasteiger partial charge in [0.2, 0.25) is 5.91 Å². The number of halogens is 3. The van der Waals surface area contributed by atoms with Crippen molar-refractivity contribution in [3.63, 3.8) is 0 Å². The van der Waals surface area contributed by atoms with E-state index in [0.29, 0.717) is 27.1 Å². The van der Waals surface area contributed by atoms with Gasteiger partial charge in [-0.1, -0.05) is 30.3 Å². The maximum absolute atomic E-state index is 13.8. The highest BCUT2D eigenvalue weighted by molar-refractivity contribution is 9.10. The zero-order valence-corrected chi connectivity index (χ0v) is 17.6. The number of para-hydroxylation sites is 1. The normalized spacial score (nSPS) is 10.8. The number of benzene rings is 3. The fourth-order valence-electron chi connectivity index (χ4n) is 2.65. The van der Waals surface area contributed by atoms with E-state index in [-0.39, 0.29) is 18.1 Å². The first-order chi connectivity index (χ1) is 14.5. The van der Waals surface area contributed by atoms with E-state index >= 15 is 0 Å². The van der Waals surface area contributed by atoms with Crippen molar-refractivity contribution in [2.45, 2.75) is 6.61 Å². The van der Waals surface area contributed by atoms with Crippen molar-refractivity contribution in [3.8, 4) is 11.5 Å². The highest BCUT2D eigenvalue weighted by Gasteiger charge is 2.13. The van der Waals surface area contributed by atoms with Crippen molar-refractivity contribution >= 4 is 33.6 Å². The van der Waals surface area contributed by atoms with Gasteiger partial charge in [0.05, 0.1) is 17.3 Å². The Bertz CT molecular complexity index is 1090. The van der Waals surface area contributed by atoms with Gasteiger partial charge in [-0.15, -0.1) is 0 Å². The minimum Gasteiger partial charge on any atom is -0.493 e. The molecule has 154 valence electrons. The van der Waals surface area contributed by atoms with Crippen LogP contribution in [0.15, 0.2) is 71.2 Å². The largest absolute Gasteiger partial charge is 0.493 e. The lowest BCUT2D eigenvalue weighted by Gasteiger charge is -2.14. The Balaban J connectivity index is 1.73. The number of methoxy groups -OCH3 is 1. The van der Waals surface area contributed by atoms with Crippen LogP contribution >= 0.6 is 15.9 Å². The molecule has 0 saturated carbocycles. The Morgan fingerprint density at radius 2 is 1.77 bits per heavy atom. The molecule has 30 heavy (non-hydrogen) atoms. The summed E-state index contributed by atoms with van der Waals surface area (Å²) in [7, 11) is 1.48. The molecular formula is C23H18BrF2NO3. The first-order valence-electron chi connectivity index (χ1n) is 8.95. The monoisotopic (exact) mass is 473 g/mol. The molecule has 0 atom stereocenters. The molecule has 0 saturated heterocycles. The molecule has 0 heterocycles. The molecule has 0 aliphatic rings. The van der Waals surface area contributed by atoms with Crippen LogP contribution in [0.5, 0.6) is 11.5 Å². The van der Waals surface area contributed by atoms with Gasteiger partial charge in [-0.2, -0.15) is 0 Å². The Hall–Kier alpha value is -3.19. The van der Waals surface area contributed by atoms with Gasteiger partial charge >= 0.3 is 0 Å². The third kappa shape index (κ3) is 5.45. The molecule has 0 aliphatic carbocycles. The van der Waals surface area contributed by atoms with E-state index in [4.69, 9.17) is 9.47 Å². The fraction of sp³-hybridized carbons (Fsp3) is 0.0870. The third-order valence-corrected chi connectivity index (χ3v) is 4.73. The van der Waals surface area contributed by atoms with Crippen LogP contribution < -0.4 is 14.8 Å². The second-order valence-corrected chi connectivity index (χ2v) is 7.07. The van der Waals surface area contributed by atoms with Gasteiger partial charge in [-0.05, 0) is 57.9 Å². The average molecular weight is 474 g/mol. The topological polar surface area (TPSA) is 47.6 Å². The summed E-state index contributed by atoms with van der Waals surface area (Å²) in [6.45, 7) is 0.0296. The molecule has 7 heteroatoms. The van der Waals surface area contributed by atoms with E-state index < -0.39 is 11.7 Å². The van der Waals surface area contributed by atoms with Crippen molar-refractivity contribution in [1.82, 2.24) is 0 Å². The Labute approximate surface area is 181 Å². The number of carbonyl (C=O) groups excluding carboxylic acids is 1. The Morgan fingerprint density at radius 3 is 2.47 bits per heavy atom. The van der Waals surface area contributed by atoms with E-state index in [2.05, 4.69) is 21.2 Å². The summed E-state index contributed by atoms with van der Waals surface area (Å²) in [5.41, 5.74) is 1.17. The number of amides is 1. The van der Waals surface area contributed by atoms with Crippen LogP contribution in [0.4, 0.5) is 14.5 Å². The number of carbonyl (C=O) groups is 1. The minimum absolute atomic E-state index is 0.0296. The van der Waals surface area contributed by atoms with Crippen LogP contribution in [0.3, 0.4) is 0 Å². The molecule has 3 aromatic rings. The summed E-state index contributed by atoms with van der Waals surface area (Å²) in [6.07, 6.45) is 2.84. The number of hydrogen-bond donors (Lipinski definition) is 1. The van der Waals surface area contributed by atoms with Gasteiger partial charge in [0.1, 0.15) is 18.2 Å². The molecular weight excluding hydrogens is 456 g/mol. The SMILES string of the molecule is COc1cc(/C=C/C(=O)Nc2ccccc2F)cc(Br)c1OCc1ccccc1F. The van der Waals surface area contributed by atoms with Crippen molar-refractivity contribution in [1.29, 1.82) is 0 Å².